The molecule has 1 aliphatic rings. The van der Waals surface area contributed by atoms with Crippen molar-refractivity contribution in [1.82, 2.24) is 5.32 Å². The number of benzene rings is 1. The van der Waals surface area contributed by atoms with Crippen LogP contribution in [0.1, 0.15) is 12.8 Å². The summed E-state index contributed by atoms with van der Waals surface area (Å²) in [7, 11) is 0. The molecule has 0 aliphatic carbocycles. The molecule has 5 heteroatoms. The molecule has 1 aromatic carbocycles. The van der Waals surface area contributed by atoms with Gasteiger partial charge < -0.3 is 10.1 Å². The molecule has 2 nitrogen and oxygen atoms in total. The van der Waals surface area contributed by atoms with Crippen molar-refractivity contribution in [2.45, 2.75) is 12.8 Å². The molecule has 0 saturated carbocycles. The molecule has 17 heavy (non-hydrogen) atoms. The van der Waals surface area contributed by atoms with Crippen LogP contribution in [0.2, 0.25) is 0 Å². The highest BCUT2D eigenvalue weighted by Gasteiger charge is 2.15. The molecule has 1 aliphatic heterocycles. The van der Waals surface area contributed by atoms with Crippen LogP contribution in [0.3, 0.4) is 0 Å². The molecule has 0 radical (unpaired) electrons. The lowest BCUT2D eigenvalue weighted by atomic mass is 9.99. The summed E-state index contributed by atoms with van der Waals surface area (Å²) in [5.41, 5.74) is 0. The minimum absolute atomic E-state index is 0.710. The van der Waals surface area contributed by atoms with E-state index in [1.54, 1.807) is 0 Å². The van der Waals surface area contributed by atoms with Gasteiger partial charge in [-0.25, -0.2) is 0 Å². The van der Waals surface area contributed by atoms with E-state index in [-0.39, 0.29) is 0 Å². The number of nitrogens with one attached hydrogen (secondary N) is 1. The second kappa shape index (κ2) is 7.09. The topological polar surface area (TPSA) is 21.3 Å². The van der Waals surface area contributed by atoms with Gasteiger partial charge in [-0.3, -0.25) is 0 Å². The van der Waals surface area contributed by atoms with E-state index in [1.807, 2.05) is 0 Å². The Hall–Kier alpha value is 1.17. The lowest BCUT2D eigenvalue weighted by Gasteiger charge is -2.23. The maximum atomic E-state index is 6.02. The molecule has 1 N–H and O–H groups in total. The summed E-state index contributed by atoms with van der Waals surface area (Å²) in [4.78, 5) is 0. The third-order valence-electron chi connectivity index (χ3n) is 2.89. The van der Waals surface area contributed by atoms with Gasteiger partial charge in [0.15, 0.2) is 0 Å². The quantitative estimate of drug-likeness (QED) is 0.559. The second-order valence-corrected chi connectivity index (χ2v) is 7.77. The highest BCUT2D eigenvalue weighted by atomic mass is 127. The van der Waals surface area contributed by atoms with Crippen molar-refractivity contribution in [3.63, 3.8) is 0 Å². The highest BCUT2D eigenvalue weighted by Crippen LogP contribution is 2.30. The summed E-state index contributed by atoms with van der Waals surface area (Å²) in [6.07, 6.45) is 2.47. The molecular formula is C12H14I3NO. The zero-order valence-corrected chi connectivity index (χ0v) is 15.8. The van der Waals surface area contributed by atoms with Crippen molar-refractivity contribution in [1.29, 1.82) is 0 Å². The minimum Gasteiger partial charge on any atom is -0.491 e. The highest BCUT2D eigenvalue weighted by molar-refractivity contribution is 14.1. The van der Waals surface area contributed by atoms with Crippen LogP contribution in [-0.2, 0) is 0 Å². The molecule has 0 unspecified atom stereocenters. The number of hydrogen-bond donors (Lipinski definition) is 1. The smallest absolute Gasteiger partial charge is 0.146 e. The van der Waals surface area contributed by atoms with Crippen LogP contribution in [0.15, 0.2) is 12.1 Å². The standard InChI is InChI=1S/C12H14I3NO/c13-9-5-10(14)12(11(15)6-9)17-7-8-1-3-16-4-2-8/h5-6,8,16H,1-4,7H2. The van der Waals surface area contributed by atoms with Crippen molar-refractivity contribution in [3.8, 4) is 5.75 Å². The molecule has 1 saturated heterocycles. The fourth-order valence-corrected chi connectivity index (χ4v) is 5.81. The SMILES string of the molecule is Ic1cc(I)c(OCC2CCNCC2)c(I)c1. The number of halogens is 3. The summed E-state index contributed by atoms with van der Waals surface area (Å²) < 4.78 is 9.72. The molecule has 0 amide bonds. The van der Waals surface area contributed by atoms with Crippen LogP contribution in [0.25, 0.3) is 0 Å². The van der Waals surface area contributed by atoms with Crippen molar-refractivity contribution >= 4 is 67.8 Å². The van der Waals surface area contributed by atoms with Gasteiger partial charge in [-0.05, 0) is 112 Å². The van der Waals surface area contributed by atoms with E-state index in [1.165, 1.54) is 23.6 Å². The predicted octanol–water partition coefficient (Wildman–Crippen LogP) is 3.88. The van der Waals surface area contributed by atoms with Crippen molar-refractivity contribution in [2.24, 2.45) is 5.92 Å². The molecule has 0 bridgehead atoms. The summed E-state index contributed by atoms with van der Waals surface area (Å²) in [5, 5.41) is 3.38. The van der Waals surface area contributed by atoms with E-state index in [0.29, 0.717) is 5.92 Å². The van der Waals surface area contributed by atoms with Crippen molar-refractivity contribution in [3.05, 3.63) is 22.8 Å². The van der Waals surface area contributed by atoms with Crippen molar-refractivity contribution < 1.29 is 4.74 Å². The second-order valence-electron chi connectivity index (χ2n) is 4.20. The van der Waals surface area contributed by atoms with E-state index in [4.69, 9.17) is 4.74 Å². The van der Waals surface area contributed by atoms with Gasteiger partial charge in [0.2, 0.25) is 0 Å². The van der Waals surface area contributed by atoms with Crippen LogP contribution in [-0.4, -0.2) is 19.7 Å². The third kappa shape index (κ3) is 4.34. The molecule has 1 aromatic rings. The van der Waals surface area contributed by atoms with Gasteiger partial charge in [-0.1, -0.05) is 0 Å². The van der Waals surface area contributed by atoms with Crippen molar-refractivity contribution in [2.75, 3.05) is 19.7 Å². The zero-order chi connectivity index (χ0) is 12.3. The first-order valence-electron chi connectivity index (χ1n) is 5.65. The Morgan fingerprint density at radius 3 is 2.29 bits per heavy atom. The molecule has 0 spiro atoms. The summed E-state index contributed by atoms with van der Waals surface area (Å²) in [6.45, 7) is 3.12. The molecule has 2 rings (SSSR count). The average molecular weight is 569 g/mol. The largest absolute Gasteiger partial charge is 0.491 e. The maximum absolute atomic E-state index is 6.02. The van der Waals surface area contributed by atoms with E-state index in [0.717, 1.165) is 25.4 Å². The average Bonchev–Trinajstić information content (AvgIpc) is 2.29. The van der Waals surface area contributed by atoms with Gasteiger partial charge in [-0.15, -0.1) is 0 Å². The first kappa shape index (κ1) is 14.6. The van der Waals surface area contributed by atoms with Gasteiger partial charge in [0.05, 0.1) is 13.7 Å². The summed E-state index contributed by atoms with van der Waals surface area (Å²) >= 11 is 7.06. The monoisotopic (exact) mass is 569 g/mol. The van der Waals surface area contributed by atoms with Gasteiger partial charge in [-0.2, -0.15) is 0 Å². The maximum Gasteiger partial charge on any atom is 0.146 e. The lowest BCUT2D eigenvalue weighted by molar-refractivity contribution is 0.213. The Balaban J connectivity index is 1.98. The summed E-state index contributed by atoms with van der Waals surface area (Å²) in [6, 6.07) is 4.34. The van der Waals surface area contributed by atoms with E-state index in [9.17, 15) is 0 Å². The normalized spacial score (nSPS) is 17.1. The van der Waals surface area contributed by atoms with E-state index < -0.39 is 0 Å². The number of hydrogen-bond acceptors (Lipinski definition) is 2. The van der Waals surface area contributed by atoms with Gasteiger partial charge >= 0.3 is 0 Å². The van der Waals surface area contributed by atoms with E-state index in [2.05, 4.69) is 85.2 Å². The molecule has 0 aromatic heterocycles. The Morgan fingerprint density at radius 2 is 1.71 bits per heavy atom. The molecule has 94 valence electrons. The molecule has 0 atom stereocenters. The Bertz CT molecular complexity index is 368. The van der Waals surface area contributed by atoms with E-state index >= 15 is 0 Å². The minimum atomic E-state index is 0.710. The van der Waals surface area contributed by atoms with Gasteiger partial charge in [0, 0.05) is 3.57 Å². The Morgan fingerprint density at radius 1 is 1.12 bits per heavy atom. The molecule has 1 heterocycles. The van der Waals surface area contributed by atoms with Gasteiger partial charge in [0.25, 0.3) is 0 Å². The van der Waals surface area contributed by atoms with Crippen LogP contribution in [0.5, 0.6) is 5.75 Å². The van der Waals surface area contributed by atoms with Crippen LogP contribution >= 0.6 is 67.8 Å². The first-order chi connectivity index (χ1) is 8.16. The van der Waals surface area contributed by atoms with Crippen LogP contribution < -0.4 is 10.1 Å². The van der Waals surface area contributed by atoms with Crippen LogP contribution in [0, 0.1) is 16.6 Å². The third-order valence-corrected chi connectivity index (χ3v) is 5.11. The van der Waals surface area contributed by atoms with Gasteiger partial charge in [0.1, 0.15) is 5.75 Å². The van der Waals surface area contributed by atoms with Crippen LogP contribution in [0.4, 0.5) is 0 Å². The first-order valence-corrected chi connectivity index (χ1v) is 8.88. The molecular weight excluding hydrogens is 555 g/mol. The Kier molecular flexibility index (Phi) is 6.08. The zero-order valence-electron chi connectivity index (χ0n) is 9.31. The Labute approximate surface area is 143 Å². The molecule has 1 fully saturated rings. The summed E-state index contributed by atoms with van der Waals surface area (Å²) in [5.74, 6) is 1.77. The predicted molar refractivity (Wildman–Crippen MR) is 95.7 cm³/mol. The number of ether oxygens (including phenoxy) is 1. The fraction of sp³-hybridized carbons (Fsp3) is 0.500. The number of rotatable bonds is 3. The number of piperidine rings is 1. The lowest BCUT2D eigenvalue weighted by Crippen LogP contribution is -2.30. The fourth-order valence-electron chi connectivity index (χ4n) is 1.92.